The number of amides is 1. The second-order valence-electron chi connectivity index (χ2n) is 5.08. The van der Waals surface area contributed by atoms with Crippen molar-refractivity contribution in [2.75, 3.05) is 5.32 Å². The van der Waals surface area contributed by atoms with Crippen LogP contribution in [0.3, 0.4) is 0 Å². The van der Waals surface area contributed by atoms with Crippen LogP contribution in [0.15, 0.2) is 12.4 Å². The van der Waals surface area contributed by atoms with Gasteiger partial charge in [0.2, 0.25) is 5.91 Å². The average Bonchev–Trinajstić information content (AvgIpc) is 2.75. The van der Waals surface area contributed by atoms with E-state index >= 15 is 0 Å². The van der Waals surface area contributed by atoms with E-state index in [9.17, 15) is 18.0 Å². The molecule has 0 radical (unpaired) electrons. The van der Waals surface area contributed by atoms with Crippen LogP contribution in [0.2, 0.25) is 0 Å². The van der Waals surface area contributed by atoms with Gasteiger partial charge in [-0.1, -0.05) is 12.8 Å². The largest absolute Gasteiger partial charge is 0.393 e. The summed E-state index contributed by atoms with van der Waals surface area (Å²) in [5.74, 6) is -1.89. The second kappa shape index (κ2) is 5.72. The smallest absolute Gasteiger partial charge is 0.379 e. The maximum absolute atomic E-state index is 12.9. The maximum atomic E-state index is 12.9. The Morgan fingerprint density at radius 1 is 1.45 bits per heavy atom. The summed E-state index contributed by atoms with van der Waals surface area (Å²) in [5.41, 5.74) is 5.51. The molecule has 1 aliphatic rings. The van der Waals surface area contributed by atoms with Crippen molar-refractivity contribution in [1.29, 1.82) is 0 Å². The van der Waals surface area contributed by atoms with Gasteiger partial charge in [-0.05, 0) is 12.8 Å². The lowest BCUT2D eigenvalue weighted by atomic mass is 9.84. The third kappa shape index (κ3) is 3.64. The van der Waals surface area contributed by atoms with E-state index in [0.717, 1.165) is 6.42 Å². The molecule has 0 aliphatic heterocycles. The minimum atomic E-state index is -4.19. The second-order valence-corrected chi connectivity index (χ2v) is 5.08. The van der Waals surface area contributed by atoms with Gasteiger partial charge >= 0.3 is 6.18 Å². The molecular formula is C12H17F3N4O. The molecule has 20 heavy (non-hydrogen) atoms. The molecular weight excluding hydrogens is 273 g/mol. The molecule has 1 saturated carbocycles. The van der Waals surface area contributed by atoms with Gasteiger partial charge in [-0.15, -0.1) is 0 Å². The summed E-state index contributed by atoms with van der Waals surface area (Å²) in [6, 6.07) is -0.644. The molecule has 1 aliphatic carbocycles. The van der Waals surface area contributed by atoms with E-state index in [4.69, 9.17) is 5.73 Å². The summed E-state index contributed by atoms with van der Waals surface area (Å²) in [6.45, 7) is -0.0882. The van der Waals surface area contributed by atoms with Crippen molar-refractivity contribution in [3.8, 4) is 0 Å². The van der Waals surface area contributed by atoms with E-state index in [1.165, 1.54) is 17.1 Å². The van der Waals surface area contributed by atoms with Gasteiger partial charge in [0.15, 0.2) is 0 Å². The molecule has 2 unspecified atom stereocenters. The predicted molar refractivity (Wildman–Crippen MR) is 66.8 cm³/mol. The number of alkyl halides is 3. The van der Waals surface area contributed by atoms with Crippen molar-refractivity contribution in [3.05, 3.63) is 12.4 Å². The number of anilines is 1. The molecule has 2 atom stereocenters. The number of nitrogens with one attached hydrogen (secondary N) is 1. The van der Waals surface area contributed by atoms with Gasteiger partial charge in [-0.2, -0.15) is 18.3 Å². The topological polar surface area (TPSA) is 72.9 Å². The Balaban J connectivity index is 2.03. The molecule has 1 aromatic rings. The molecule has 2 rings (SSSR count). The Labute approximate surface area is 114 Å². The Hall–Kier alpha value is -1.73. The lowest BCUT2D eigenvalue weighted by Crippen LogP contribution is -2.41. The number of hydrogen-bond acceptors (Lipinski definition) is 3. The van der Waals surface area contributed by atoms with E-state index in [1.807, 2.05) is 0 Å². The molecule has 1 heterocycles. The van der Waals surface area contributed by atoms with Crippen LogP contribution in [0, 0.1) is 5.92 Å². The summed E-state index contributed by atoms with van der Waals surface area (Å²) in [7, 11) is 0. The lowest BCUT2D eigenvalue weighted by Gasteiger charge is -2.33. The minimum absolute atomic E-state index is 0.0882. The van der Waals surface area contributed by atoms with Crippen molar-refractivity contribution in [2.24, 2.45) is 11.7 Å². The van der Waals surface area contributed by atoms with Crippen molar-refractivity contribution in [1.82, 2.24) is 9.78 Å². The maximum Gasteiger partial charge on any atom is 0.393 e. The summed E-state index contributed by atoms with van der Waals surface area (Å²) < 4.78 is 40.1. The summed E-state index contributed by atoms with van der Waals surface area (Å²) >= 11 is 0. The monoisotopic (exact) mass is 290 g/mol. The van der Waals surface area contributed by atoms with Gasteiger partial charge in [0.05, 0.1) is 17.8 Å². The van der Waals surface area contributed by atoms with Crippen molar-refractivity contribution >= 4 is 11.6 Å². The molecule has 3 N–H and O–H groups in total. The first-order chi connectivity index (χ1) is 9.36. The van der Waals surface area contributed by atoms with Crippen LogP contribution in [-0.4, -0.2) is 27.9 Å². The highest BCUT2D eigenvalue weighted by Crippen LogP contribution is 2.38. The number of hydrogen-bond donors (Lipinski definition) is 2. The van der Waals surface area contributed by atoms with Crippen molar-refractivity contribution in [2.45, 2.75) is 44.4 Å². The average molecular weight is 290 g/mol. The van der Waals surface area contributed by atoms with Crippen LogP contribution < -0.4 is 11.1 Å². The van der Waals surface area contributed by atoms with Crippen molar-refractivity contribution in [3.63, 3.8) is 0 Å². The number of aromatic nitrogens is 2. The number of primary amides is 1. The zero-order valence-corrected chi connectivity index (χ0v) is 10.9. The number of carbonyl (C=O) groups excluding carboxylic acids is 1. The highest BCUT2D eigenvalue weighted by Gasteiger charge is 2.45. The Morgan fingerprint density at radius 2 is 2.15 bits per heavy atom. The lowest BCUT2D eigenvalue weighted by molar-refractivity contribution is -0.184. The molecule has 0 spiro atoms. The zero-order valence-electron chi connectivity index (χ0n) is 10.9. The number of nitrogens with two attached hydrogens (primary N) is 1. The number of rotatable bonds is 4. The predicted octanol–water partition coefficient (Wildman–Crippen LogP) is 1.90. The van der Waals surface area contributed by atoms with E-state index in [0.29, 0.717) is 18.5 Å². The molecule has 8 heteroatoms. The van der Waals surface area contributed by atoms with Crippen LogP contribution in [0.4, 0.5) is 18.9 Å². The minimum Gasteiger partial charge on any atom is -0.379 e. The Morgan fingerprint density at radius 3 is 2.80 bits per heavy atom. The molecule has 1 fully saturated rings. The number of carbonyl (C=O) groups is 1. The first kappa shape index (κ1) is 14.7. The molecule has 5 nitrogen and oxygen atoms in total. The van der Waals surface area contributed by atoms with Crippen LogP contribution in [0.5, 0.6) is 0 Å². The SMILES string of the molecule is NC(=O)Cn1cc(NC2CCCCC2C(F)(F)F)cn1. The fraction of sp³-hybridized carbons (Fsp3) is 0.667. The van der Waals surface area contributed by atoms with Gasteiger partial charge < -0.3 is 11.1 Å². The number of halogens is 3. The van der Waals surface area contributed by atoms with Crippen LogP contribution in [0.25, 0.3) is 0 Å². The zero-order chi connectivity index (χ0) is 14.8. The van der Waals surface area contributed by atoms with Gasteiger partial charge in [-0.25, -0.2) is 0 Å². The molecule has 1 amide bonds. The Bertz CT molecular complexity index is 472. The molecule has 112 valence electrons. The van der Waals surface area contributed by atoms with Crippen LogP contribution in [-0.2, 0) is 11.3 Å². The first-order valence-corrected chi connectivity index (χ1v) is 6.50. The Kier molecular flexibility index (Phi) is 4.20. The van der Waals surface area contributed by atoms with Gasteiger partial charge in [0.1, 0.15) is 6.54 Å². The van der Waals surface area contributed by atoms with E-state index < -0.39 is 24.0 Å². The fourth-order valence-corrected chi connectivity index (χ4v) is 2.59. The standard InChI is InChI=1S/C12H17F3N4O/c13-12(14,15)9-3-1-2-4-10(9)18-8-5-17-19(6-8)7-11(16)20/h5-6,9-10,18H,1-4,7H2,(H2,16,20). The molecule has 0 saturated heterocycles. The van der Waals surface area contributed by atoms with Gasteiger partial charge in [0, 0.05) is 12.2 Å². The third-order valence-electron chi connectivity index (χ3n) is 3.49. The first-order valence-electron chi connectivity index (χ1n) is 6.50. The normalized spacial score (nSPS) is 23.6. The highest BCUT2D eigenvalue weighted by atomic mass is 19.4. The summed E-state index contributed by atoms with van der Waals surface area (Å²) in [6.07, 6.45) is 0.712. The van der Waals surface area contributed by atoms with Gasteiger partial charge in [-0.3, -0.25) is 9.48 Å². The molecule has 0 aromatic carbocycles. The number of nitrogens with zero attached hydrogens (tertiary/aromatic N) is 2. The van der Waals surface area contributed by atoms with E-state index in [2.05, 4.69) is 10.4 Å². The van der Waals surface area contributed by atoms with Gasteiger partial charge in [0.25, 0.3) is 0 Å². The summed E-state index contributed by atoms with van der Waals surface area (Å²) in [4.78, 5) is 10.7. The van der Waals surface area contributed by atoms with Crippen molar-refractivity contribution < 1.29 is 18.0 Å². The van der Waals surface area contributed by atoms with E-state index in [-0.39, 0.29) is 13.0 Å². The highest BCUT2D eigenvalue weighted by molar-refractivity contribution is 5.73. The molecule has 1 aromatic heterocycles. The van der Waals surface area contributed by atoms with Crippen LogP contribution in [0.1, 0.15) is 25.7 Å². The fourth-order valence-electron chi connectivity index (χ4n) is 2.59. The quantitative estimate of drug-likeness (QED) is 0.889. The summed E-state index contributed by atoms with van der Waals surface area (Å²) in [5, 5.41) is 6.76. The van der Waals surface area contributed by atoms with E-state index in [1.54, 1.807) is 0 Å². The van der Waals surface area contributed by atoms with Crippen LogP contribution >= 0.6 is 0 Å². The third-order valence-corrected chi connectivity index (χ3v) is 3.49. The molecule has 0 bridgehead atoms.